The van der Waals surface area contributed by atoms with Crippen molar-refractivity contribution < 1.29 is 27.9 Å². The summed E-state index contributed by atoms with van der Waals surface area (Å²) in [6, 6.07) is 7.87. The zero-order chi connectivity index (χ0) is 38.6. The van der Waals surface area contributed by atoms with Gasteiger partial charge in [-0.1, -0.05) is 17.9 Å². The highest BCUT2D eigenvalue weighted by molar-refractivity contribution is 6.04. The van der Waals surface area contributed by atoms with Crippen LogP contribution in [0, 0.1) is 29.1 Å². The number of halogens is 2. The summed E-state index contributed by atoms with van der Waals surface area (Å²) < 4.78 is 38.4. The van der Waals surface area contributed by atoms with Gasteiger partial charge in [0.15, 0.2) is 5.69 Å². The highest BCUT2D eigenvalue weighted by Crippen LogP contribution is 2.36. The molecule has 3 aliphatic rings. The Morgan fingerprint density at radius 2 is 1.87 bits per heavy atom. The van der Waals surface area contributed by atoms with Crippen LogP contribution in [-0.2, 0) is 21.4 Å². The van der Waals surface area contributed by atoms with Gasteiger partial charge in [0, 0.05) is 51.7 Å². The topological polar surface area (TPSA) is 169 Å². The number of anilines is 1. The molecule has 1 saturated carbocycles. The molecule has 16 heteroatoms. The lowest BCUT2D eigenvalue weighted by atomic mass is 9.85. The summed E-state index contributed by atoms with van der Waals surface area (Å²) in [6.07, 6.45) is 6.93. The van der Waals surface area contributed by atoms with Crippen molar-refractivity contribution in [3.63, 3.8) is 0 Å². The molecule has 2 aliphatic heterocycles. The first-order valence-electron chi connectivity index (χ1n) is 18.5. The number of imide groups is 1. The maximum atomic E-state index is 13.9. The van der Waals surface area contributed by atoms with Gasteiger partial charge in [-0.25, -0.2) is 13.6 Å². The molecular weight excluding hydrogens is 712 g/mol. The average Bonchev–Trinajstić information content (AvgIpc) is 3.72. The third kappa shape index (κ3) is 8.21. The summed E-state index contributed by atoms with van der Waals surface area (Å²) in [5, 5.41) is 18.1. The Morgan fingerprint density at radius 1 is 1.09 bits per heavy atom. The van der Waals surface area contributed by atoms with Crippen LogP contribution in [0.3, 0.4) is 0 Å². The van der Waals surface area contributed by atoms with Crippen molar-refractivity contribution in [1.29, 1.82) is 5.26 Å². The van der Waals surface area contributed by atoms with Gasteiger partial charge in [0.2, 0.25) is 11.8 Å². The van der Waals surface area contributed by atoms with Gasteiger partial charge >= 0.3 is 5.69 Å². The molecule has 55 heavy (non-hydrogen) atoms. The molecule has 3 amide bonds. The lowest BCUT2D eigenvalue weighted by molar-refractivity contribution is -0.135. The largest absolute Gasteiger partial charge is 0.365 e. The number of pyridine rings is 1. The number of nitriles is 1. The summed E-state index contributed by atoms with van der Waals surface area (Å²) in [4.78, 5) is 56.5. The van der Waals surface area contributed by atoms with Gasteiger partial charge in [0.05, 0.1) is 45.6 Å². The second kappa shape index (κ2) is 16.3. The molecule has 1 atom stereocenters. The molecule has 0 spiro atoms. The Balaban J connectivity index is 0.875. The SMILES string of the molecule is Cn1c(=O)n(C2CCC(=O)NC2=O)c2cccc(C#CCOC3CCN(C[C@H]4CC[C@H](n5cc(NC(=O)c6cncc(C#N)c6)c(C(F)F)n5)CC4)CC3)c21. The molecule has 3 aromatic heterocycles. The molecule has 2 saturated heterocycles. The molecule has 1 unspecified atom stereocenters. The molecule has 1 aliphatic carbocycles. The van der Waals surface area contributed by atoms with Crippen LogP contribution in [0.1, 0.15) is 97.1 Å². The monoisotopic (exact) mass is 753 g/mol. The fraction of sp³-hybridized carbons (Fsp3) is 0.462. The summed E-state index contributed by atoms with van der Waals surface area (Å²) in [6.45, 7) is 3.00. The Kier molecular flexibility index (Phi) is 11.2. The van der Waals surface area contributed by atoms with Crippen molar-refractivity contribution in [2.24, 2.45) is 13.0 Å². The van der Waals surface area contributed by atoms with Crippen LogP contribution in [0.15, 0.2) is 47.7 Å². The molecule has 14 nitrogen and oxygen atoms in total. The fourth-order valence-corrected chi connectivity index (χ4v) is 7.95. The third-order valence-electron chi connectivity index (χ3n) is 10.8. The smallest absolute Gasteiger partial charge is 0.329 e. The van der Waals surface area contributed by atoms with E-state index in [0.717, 1.165) is 58.2 Å². The summed E-state index contributed by atoms with van der Waals surface area (Å²) in [5.74, 6) is 5.27. The van der Waals surface area contributed by atoms with Crippen LogP contribution >= 0.6 is 0 Å². The van der Waals surface area contributed by atoms with E-state index in [1.54, 1.807) is 23.9 Å². The number of likely N-dealkylation sites (tertiary alicyclic amines) is 1. The van der Waals surface area contributed by atoms with Crippen LogP contribution in [0.4, 0.5) is 14.5 Å². The summed E-state index contributed by atoms with van der Waals surface area (Å²) in [7, 11) is 1.65. The number of fused-ring (bicyclic) bond motifs is 1. The number of hydrogen-bond donors (Lipinski definition) is 2. The van der Waals surface area contributed by atoms with E-state index < -0.39 is 30.0 Å². The number of amides is 3. The van der Waals surface area contributed by atoms with E-state index in [4.69, 9.17) is 10.00 Å². The van der Waals surface area contributed by atoms with E-state index in [9.17, 15) is 28.0 Å². The molecule has 1 aromatic carbocycles. The third-order valence-corrected chi connectivity index (χ3v) is 10.8. The first-order valence-corrected chi connectivity index (χ1v) is 18.5. The molecule has 286 valence electrons. The predicted molar refractivity (Wildman–Crippen MR) is 196 cm³/mol. The second-order valence-corrected chi connectivity index (χ2v) is 14.4. The number of rotatable bonds is 9. The number of aromatic nitrogens is 5. The number of piperidine rings is 2. The van der Waals surface area contributed by atoms with Crippen LogP contribution < -0.4 is 16.3 Å². The van der Waals surface area contributed by atoms with Crippen LogP contribution in [0.5, 0.6) is 0 Å². The summed E-state index contributed by atoms with van der Waals surface area (Å²) in [5.41, 5.74) is 1.29. The van der Waals surface area contributed by atoms with Crippen LogP contribution in [0.2, 0.25) is 0 Å². The number of nitrogens with one attached hydrogen (secondary N) is 2. The molecule has 0 radical (unpaired) electrons. The quantitative estimate of drug-likeness (QED) is 0.188. The van der Waals surface area contributed by atoms with E-state index >= 15 is 0 Å². The normalized spacial score (nSPS) is 20.9. The van der Waals surface area contributed by atoms with E-state index in [0.29, 0.717) is 22.5 Å². The minimum Gasteiger partial charge on any atom is -0.365 e. The van der Waals surface area contributed by atoms with Crippen LogP contribution in [-0.4, -0.2) is 78.9 Å². The lowest BCUT2D eigenvalue weighted by Gasteiger charge is -2.36. The summed E-state index contributed by atoms with van der Waals surface area (Å²) >= 11 is 0. The highest BCUT2D eigenvalue weighted by atomic mass is 19.3. The predicted octanol–water partition coefficient (Wildman–Crippen LogP) is 4.23. The van der Waals surface area contributed by atoms with Gasteiger partial charge in [0.1, 0.15) is 18.7 Å². The number of carbonyl (C=O) groups is 3. The van der Waals surface area contributed by atoms with Gasteiger partial charge in [-0.05, 0) is 69.1 Å². The van der Waals surface area contributed by atoms with E-state index in [1.807, 2.05) is 12.1 Å². The van der Waals surface area contributed by atoms with Crippen LogP contribution in [0.25, 0.3) is 11.0 Å². The molecule has 0 bridgehead atoms. The molecule has 5 heterocycles. The minimum absolute atomic E-state index is 0.0495. The zero-order valence-electron chi connectivity index (χ0n) is 30.3. The molecular formula is C39H41F2N9O5. The second-order valence-electron chi connectivity index (χ2n) is 14.4. The van der Waals surface area contributed by atoms with Crippen molar-refractivity contribution in [3.05, 3.63) is 75.7 Å². The fourth-order valence-electron chi connectivity index (χ4n) is 7.95. The van der Waals surface area contributed by atoms with Crippen molar-refractivity contribution in [2.45, 2.75) is 76.0 Å². The number of para-hydroxylation sites is 1. The van der Waals surface area contributed by atoms with Gasteiger partial charge in [-0.15, -0.1) is 0 Å². The van der Waals surface area contributed by atoms with Crippen molar-refractivity contribution in [3.8, 4) is 17.9 Å². The van der Waals surface area contributed by atoms with Crippen molar-refractivity contribution >= 4 is 34.4 Å². The minimum atomic E-state index is -2.87. The Morgan fingerprint density at radius 3 is 2.60 bits per heavy atom. The molecule has 7 rings (SSSR count). The van der Waals surface area contributed by atoms with Gasteiger partial charge in [0.25, 0.3) is 12.3 Å². The first kappa shape index (κ1) is 37.6. The van der Waals surface area contributed by atoms with Gasteiger partial charge < -0.3 is 15.0 Å². The Bertz CT molecular complexity index is 2260. The molecule has 3 fully saturated rings. The number of ether oxygens (including phenoxy) is 1. The Hall–Kier alpha value is -5.71. The number of aryl methyl sites for hydroxylation is 1. The number of hydrogen-bond acceptors (Lipinski definition) is 9. The van der Waals surface area contributed by atoms with Gasteiger partial charge in [-0.2, -0.15) is 10.4 Å². The maximum absolute atomic E-state index is 13.9. The van der Waals surface area contributed by atoms with Crippen molar-refractivity contribution in [1.82, 2.24) is 34.1 Å². The number of carbonyl (C=O) groups excluding carboxylic acids is 3. The number of nitrogens with zero attached hydrogens (tertiary/aromatic N) is 7. The Labute approximate surface area is 315 Å². The number of benzene rings is 1. The molecule has 4 aromatic rings. The number of alkyl halides is 2. The zero-order valence-corrected chi connectivity index (χ0v) is 30.3. The first-order chi connectivity index (χ1) is 26.6. The number of imidazole rings is 1. The highest BCUT2D eigenvalue weighted by Gasteiger charge is 2.32. The molecule has 2 N–H and O–H groups in total. The van der Waals surface area contributed by atoms with E-state index in [-0.39, 0.29) is 60.0 Å². The lowest BCUT2D eigenvalue weighted by Crippen LogP contribution is -2.44. The van der Waals surface area contributed by atoms with Crippen molar-refractivity contribution in [2.75, 3.05) is 31.6 Å². The average molecular weight is 754 g/mol. The maximum Gasteiger partial charge on any atom is 0.329 e. The van der Waals surface area contributed by atoms with E-state index in [1.165, 1.54) is 33.8 Å². The van der Waals surface area contributed by atoms with E-state index in [2.05, 4.69) is 37.5 Å². The van der Waals surface area contributed by atoms with Gasteiger partial charge in [-0.3, -0.25) is 38.5 Å². The standard InChI is InChI=1S/C39H41F2N9O5/c1-47-35-26(4-2-6-31(35)50(39(47)54)32-11-12-33(51)45-38(32)53)5-3-17-55-29-13-15-48(16-14-29)22-24-7-9-28(10-8-24)49-23-30(34(46-49)36(40)41)44-37(52)27-18-25(19-42)20-43-21-27/h2,4,6,18,20-21,23-24,28-29,32,36H,7-17,22H2,1H3,(H,44,52)(H,45,51,53)/t24-,28-,32?.